The van der Waals surface area contributed by atoms with Crippen molar-refractivity contribution in [2.24, 2.45) is 0 Å². The average Bonchev–Trinajstić information content (AvgIpc) is 2.68. The van der Waals surface area contributed by atoms with Gasteiger partial charge in [-0.05, 0) is 80.7 Å². The van der Waals surface area contributed by atoms with Gasteiger partial charge in [-0.25, -0.2) is 0 Å². The molecule has 4 heteroatoms. The molecular formula is C24H30N2O2. The number of benzene rings is 2. The summed E-state index contributed by atoms with van der Waals surface area (Å²) in [4.78, 5) is 25.0. The summed E-state index contributed by atoms with van der Waals surface area (Å²) in [6.07, 6.45) is 5.44. The van der Waals surface area contributed by atoms with Crippen molar-refractivity contribution < 1.29 is 9.59 Å². The highest BCUT2D eigenvalue weighted by atomic mass is 16.2. The van der Waals surface area contributed by atoms with Gasteiger partial charge in [0.15, 0.2) is 0 Å². The molecule has 2 aromatic carbocycles. The number of fused-ring (bicyclic) bond motifs is 1. The Labute approximate surface area is 167 Å². The fourth-order valence-corrected chi connectivity index (χ4v) is 4.16. The molecule has 4 nitrogen and oxygen atoms in total. The molecule has 2 amide bonds. The molecule has 1 aliphatic carbocycles. The van der Waals surface area contributed by atoms with E-state index in [1.165, 1.54) is 24.0 Å². The number of nitrogens with one attached hydrogen (secondary N) is 2. The van der Waals surface area contributed by atoms with Crippen LogP contribution in [0.5, 0.6) is 0 Å². The van der Waals surface area contributed by atoms with Gasteiger partial charge in [0, 0.05) is 5.69 Å². The van der Waals surface area contributed by atoms with E-state index in [2.05, 4.69) is 28.8 Å². The maximum atomic E-state index is 12.5. The van der Waals surface area contributed by atoms with Crippen LogP contribution in [0.3, 0.4) is 0 Å². The Balaban J connectivity index is 1.71. The normalized spacial score (nSPS) is 14.1. The lowest BCUT2D eigenvalue weighted by atomic mass is 9.89. The van der Waals surface area contributed by atoms with Crippen molar-refractivity contribution in [2.75, 3.05) is 5.32 Å². The number of hydrogen-bond donors (Lipinski definition) is 2. The molecule has 1 unspecified atom stereocenters. The first kappa shape index (κ1) is 20.1. The summed E-state index contributed by atoms with van der Waals surface area (Å²) >= 11 is 0. The van der Waals surface area contributed by atoms with Gasteiger partial charge in [-0.1, -0.05) is 42.8 Å². The minimum absolute atomic E-state index is 0.161. The molecule has 3 rings (SSSR count). The predicted octanol–water partition coefficient (Wildman–Crippen LogP) is 4.70. The third kappa shape index (κ3) is 4.44. The average molecular weight is 379 g/mol. The lowest BCUT2D eigenvalue weighted by Gasteiger charge is -2.21. The number of carbonyl (C=O) groups excluding carboxylic acids is 2. The monoisotopic (exact) mass is 378 g/mol. The van der Waals surface area contributed by atoms with Crippen molar-refractivity contribution in [3.8, 4) is 0 Å². The largest absolute Gasteiger partial charge is 0.341 e. The third-order valence-electron chi connectivity index (χ3n) is 5.61. The second kappa shape index (κ2) is 8.59. The van der Waals surface area contributed by atoms with E-state index in [0.717, 1.165) is 41.5 Å². The quantitative estimate of drug-likeness (QED) is 0.758. The molecule has 2 N–H and O–H groups in total. The van der Waals surface area contributed by atoms with Crippen molar-refractivity contribution >= 4 is 17.5 Å². The van der Waals surface area contributed by atoms with Gasteiger partial charge in [0.25, 0.3) is 0 Å². The van der Waals surface area contributed by atoms with Crippen LogP contribution in [-0.2, 0) is 22.4 Å². The zero-order valence-corrected chi connectivity index (χ0v) is 17.3. The summed E-state index contributed by atoms with van der Waals surface area (Å²) in [5.74, 6) is -1.21. The zero-order chi connectivity index (χ0) is 20.3. The minimum atomic E-state index is -0.619. The van der Waals surface area contributed by atoms with Crippen molar-refractivity contribution in [2.45, 2.75) is 65.8 Å². The lowest BCUT2D eigenvalue weighted by Crippen LogP contribution is -2.38. The summed E-state index contributed by atoms with van der Waals surface area (Å²) in [6, 6.07) is 10.3. The molecule has 148 valence electrons. The summed E-state index contributed by atoms with van der Waals surface area (Å²) < 4.78 is 0. The smallest absolute Gasteiger partial charge is 0.313 e. The molecule has 0 aliphatic heterocycles. The molecule has 0 saturated carbocycles. The van der Waals surface area contributed by atoms with Crippen molar-refractivity contribution in [3.05, 3.63) is 63.7 Å². The summed E-state index contributed by atoms with van der Waals surface area (Å²) in [6.45, 7) is 7.92. The Bertz CT molecular complexity index is 878. The van der Waals surface area contributed by atoms with E-state index in [1.807, 2.05) is 39.8 Å². The summed E-state index contributed by atoms with van der Waals surface area (Å²) in [5, 5.41) is 5.69. The lowest BCUT2D eigenvalue weighted by molar-refractivity contribution is -0.136. The van der Waals surface area contributed by atoms with Crippen molar-refractivity contribution in [1.82, 2.24) is 5.32 Å². The second-order valence-electron chi connectivity index (χ2n) is 7.90. The number of rotatable bonds is 4. The van der Waals surface area contributed by atoms with E-state index in [0.29, 0.717) is 5.69 Å². The Kier molecular flexibility index (Phi) is 6.18. The standard InChI is InChI=1S/C24H30N2O2/c1-5-21(20-11-10-18-8-6-7-9-19(18)14-20)25-23(27)24(28)26-22-16(3)12-15(2)13-17(22)4/h10-14,21H,5-9H2,1-4H3,(H,25,27)(H,26,28). The molecule has 0 bridgehead atoms. The van der Waals surface area contributed by atoms with Crippen LogP contribution in [0, 0.1) is 20.8 Å². The first-order valence-electron chi connectivity index (χ1n) is 10.2. The van der Waals surface area contributed by atoms with Crippen LogP contribution < -0.4 is 10.6 Å². The van der Waals surface area contributed by atoms with Crippen LogP contribution >= 0.6 is 0 Å². The van der Waals surface area contributed by atoms with E-state index in [9.17, 15) is 9.59 Å². The molecule has 0 spiro atoms. The highest BCUT2D eigenvalue weighted by molar-refractivity contribution is 6.39. The van der Waals surface area contributed by atoms with Gasteiger partial charge in [-0.15, -0.1) is 0 Å². The summed E-state index contributed by atoms with van der Waals surface area (Å²) in [7, 11) is 0. The number of anilines is 1. The fourth-order valence-electron chi connectivity index (χ4n) is 4.16. The molecule has 0 saturated heterocycles. The second-order valence-corrected chi connectivity index (χ2v) is 7.90. The first-order chi connectivity index (χ1) is 13.4. The third-order valence-corrected chi connectivity index (χ3v) is 5.61. The molecule has 2 aromatic rings. The van der Waals surface area contributed by atoms with Gasteiger partial charge in [0.1, 0.15) is 0 Å². The molecule has 1 atom stereocenters. The molecule has 1 aliphatic rings. The van der Waals surface area contributed by atoms with Crippen LogP contribution in [0.4, 0.5) is 5.69 Å². The summed E-state index contributed by atoms with van der Waals surface area (Å²) in [5.41, 5.74) is 7.64. The number of carbonyl (C=O) groups is 2. The van der Waals surface area contributed by atoms with Gasteiger partial charge in [0.05, 0.1) is 6.04 Å². The zero-order valence-electron chi connectivity index (χ0n) is 17.3. The SMILES string of the molecule is CCC(NC(=O)C(=O)Nc1c(C)cc(C)cc1C)c1ccc2c(c1)CCCC2. The van der Waals surface area contributed by atoms with E-state index >= 15 is 0 Å². The number of hydrogen-bond acceptors (Lipinski definition) is 2. The van der Waals surface area contributed by atoms with E-state index in [-0.39, 0.29) is 6.04 Å². The van der Waals surface area contributed by atoms with Gasteiger partial charge in [-0.3, -0.25) is 9.59 Å². The van der Waals surface area contributed by atoms with Gasteiger partial charge in [-0.2, -0.15) is 0 Å². The Morgan fingerprint density at radius 1 is 0.929 bits per heavy atom. The Morgan fingerprint density at radius 2 is 1.57 bits per heavy atom. The van der Waals surface area contributed by atoms with Gasteiger partial charge in [0.2, 0.25) is 0 Å². The maximum absolute atomic E-state index is 12.5. The fraction of sp³-hybridized carbons (Fsp3) is 0.417. The van der Waals surface area contributed by atoms with Crippen LogP contribution in [0.2, 0.25) is 0 Å². The van der Waals surface area contributed by atoms with Crippen LogP contribution in [-0.4, -0.2) is 11.8 Å². The Hall–Kier alpha value is -2.62. The highest BCUT2D eigenvalue weighted by Crippen LogP contribution is 2.26. The predicted molar refractivity (Wildman–Crippen MR) is 114 cm³/mol. The van der Waals surface area contributed by atoms with Crippen molar-refractivity contribution in [3.63, 3.8) is 0 Å². The van der Waals surface area contributed by atoms with E-state index < -0.39 is 11.8 Å². The van der Waals surface area contributed by atoms with Crippen LogP contribution in [0.1, 0.15) is 65.6 Å². The molecule has 0 aromatic heterocycles. The van der Waals surface area contributed by atoms with E-state index in [4.69, 9.17) is 0 Å². The highest BCUT2D eigenvalue weighted by Gasteiger charge is 2.21. The molecule has 0 heterocycles. The first-order valence-corrected chi connectivity index (χ1v) is 10.2. The molecular weight excluding hydrogens is 348 g/mol. The molecule has 28 heavy (non-hydrogen) atoms. The van der Waals surface area contributed by atoms with Crippen molar-refractivity contribution in [1.29, 1.82) is 0 Å². The minimum Gasteiger partial charge on any atom is -0.341 e. The van der Waals surface area contributed by atoms with Crippen LogP contribution in [0.25, 0.3) is 0 Å². The maximum Gasteiger partial charge on any atom is 0.313 e. The van der Waals surface area contributed by atoms with Gasteiger partial charge < -0.3 is 10.6 Å². The number of aryl methyl sites for hydroxylation is 5. The molecule has 0 fully saturated rings. The Morgan fingerprint density at radius 3 is 2.21 bits per heavy atom. The molecule has 0 radical (unpaired) electrons. The van der Waals surface area contributed by atoms with E-state index in [1.54, 1.807) is 0 Å². The number of amides is 2. The topological polar surface area (TPSA) is 58.2 Å². The van der Waals surface area contributed by atoms with Crippen LogP contribution in [0.15, 0.2) is 30.3 Å². The van der Waals surface area contributed by atoms with Gasteiger partial charge >= 0.3 is 11.8 Å².